The van der Waals surface area contributed by atoms with Gasteiger partial charge in [-0.25, -0.2) is 9.79 Å². The Morgan fingerprint density at radius 3 is 2.57 bits per heavy atom. The highest BCUT2D eigenvalue weighted by Gasteiger charge is 1.88. The van der Waals surface area contributed by atoms with Gasteiger partial charge in [-0.1, -0.05) is 6.92 Å². The summed E-state index contributed by atoms with van der Waals surface area (Å²) < 4.78 is 0. The Morgan fingerprint density at radius 2 is 2.43 bits per heavy atom. The second-order valence-electron chi connectivity index (χ2n) is 1.48. The second kappa shape index (κ2) is 3.57. The van der Waals surface area contributed by atoms with Crippen LogP contribution in [-0.4, -0.2) is 12.1 Å². The van der Waals surface area contributed by atoms with E-state index in [9.17, 15) is 4.79 Å². The van der Waals surface area contributed by atoms with Crippen molar-refractivity contribution in [1.82, 2.24) is 0 Å². The van der Waals surface area contributed by atoms with Crippen LogP contribution in [0.1, 0.15) is 20.3 Å². The van der Waals surface area contributed by atoms with Crippen LogP contribution in [0, 0.1) is 0 Å². The Kier molecular flexibility index (Phi) is 3.25. The van der Waals surface area contributed by atoms with Crippen molar-refractivity contribution in [1.29, 1.82) is 0 Å². The zero-order valence-corrected chi connectivity index (χ0v) is 4.64. The topological polar surface area (TPSA) is 29.4 Å². The van der Waals surface area contributed by atoms with Crippen LogP contribution in [0.4, 0.5) is 0 Å². The third-order valence-electron chi connectivity index (χ3n) is 0.864. The predicted octanol–water partition coefficient (Wildman–Crippen LogP) is 1.12. The molecule has 0 fully saturated rings. The van der Waals surface area contributed by atoms with Crippen LogP contribution in [0.3, 0.4) is 0 Å². The lowest BCUT2D eigenvalue weighted by Gasteiger charge is -1.91. The van der Waals surface area contributed by atoms with E-state index in [4.69, 9.17) is 0 Å². The maximum absolute atomic E-state index is 9.48. The molecule has 0 bridgehead atoms. The first kappa shape index (κ1) is 6.38. The zero-order valence-electron chi connectivity index (χ0n) is 4.64. The summed E-state index contributed by atoms with van der Waals surface area (Å²) in [5.41, 5.74) is 0. The minimum Gasteiger partial charge on any atom is -0.211 e. The highest BCUT2D eigenvalue weighted by atomic mass is 16.1. The number of carbonyl (C=O) groups excluding carboxylic acids is 1. The Hall–Kier alpha value is -0.620. The summed E-state index contributed by atoms with van der Waals surface area (Å²) in [6.45, 7) is 3.86. The van der Waals surface area contributed by atoms with Crippen LogP contribution in [-0.2, 0) is 4.79 Å². The minimum atomic E-state index is 0.150. The van der Waals surface area contributed by atoms with E-state index >= 15 is 0 Å². The predicted molar refractivity (Wildman–Crippen MR) is 27.9 cm³/mol. The number of hydrogen-bond donors (Lipinski definition) is 0. The lowest BCUT2D eigenvalue weighted by atomic mass is 10.3. The standard InChI is InChI=1S/C5H9NO/c1-3-5(2)6-4-7/h5H,3H2,1-2H3. The van der Waals surface area contributed by atoms with Crippen molar-refractivity contribution in [3.05, 3.63) is 0 Å². The van der Waals surface area contributed by atoms with Crippen LogP contribution in [0.5, 0.6) is 0 Å². The van der Waals surface area contributed by atoms with E-state index in [1.807, 2.05) is 13.8 Å². The highest BCUT2D eigenvalue weighted by Crippen LogP contribution is 1.90. The monoisotopic (exact) mass is 99.1 g/mol. The fraction of sp³-hybridized carbons (Fsp3) is 0.800. The molecule has 0 aliphatic heterocycles. The molecule has 2 nitrogen and oxygen atoms in total. The molecule has 0 rings (SSSR count). The summed E-state index contributed by atoms with van der Waals surface area (Å²) >= 11 is 0. The van der Waals surface area contributed by atoms with E-state index < -0.39 is 0 Å². The quantitative estimate of drug-likeness (QED) is 0.377. The summed E-state index contributed by atoms with van der Waals surface area (Å²) in [6, 6.07) is 0.150. The van der Waals surface area contributed by atoms with E-state index in [-0.39, 0.29) is 6.04 Å². The molecule has 0 heterocycles. The van der Waals surface area contributed by atoms with Crippen molar-refractivity contribution in [3.63, 3.8) is 0 Å². The minimum absolute atomic E-state index is 0.150. The van der Waals surface area contributed by atoms with E-state index in [2.05, 4.69) is 4.99 Å². The summed E-state index contributed by atoms with van der Waals surface area (Å²) in [5.74, 6) is 0. The fourth-order valence-corrected chi connectivity index (χ4v) is 0.181. The van der Waals surface area contributed by atoms with E-state index in [1.165, 1.54) is 6.08 Å². The van der Waals surface area contributed by atoms with Gasteiger partial charge >= 0.3 is 0 Å². The van der Waals surface area contributed by atoms with Gasteiger partial charge in [0.2, 0.25) is 6.08 Å². The van der Waals surface area contributed by atoms with Crippen molar-refractivity contribution in [2.45, 2.75) is 26.3 Å². The molecule has 1 atom stereocenters. The first-order valence-electron chi connectivity index (χ1n) is 2.38. The van der Waals surface area contributed by atoms with Crippen LogP contribution in [0.15, 0.2) is 4.99 Å². The molecular formula is C5H9NO. The van der Waals surface area contributed by atoms with Crippen LogP contribution in [0.25, 0.3) is 0 Å². The maximum Gasteiger partial charge on any atom is 0.235 e. The Labute approximate surface area is 43.3 Å². The van der Waals surface area contributed by atoms with Gasteiger partial charge in [-0.15, -0.1) is 0 Å². The van der Waals surface area contributed by atoms with Gasteiger partial charge < -0.3 is 0 Å². The molecule has 0 N–H and O–H groups in total. The molecule has 0 aromatic rings. The Bertz CT molecular complexity index is 84.1. The van der Waals surface area contributed by atoms with Gasteiger partial charge in [-0.05, 0) is 13.3 Å². The largest absolute Gasteiger partial charge is 0.235 e. The zero-order chi connectivity index (χ0) is 5.70. The maximum atomic E-state index is 9.48. The summed E-state index contributed by atoms with van der Waals surface area (Å²) in [4.78, 5) is 12.9. The molecule has 7 heavy (non-hydrogen) atoms. The van der Waals surface area contributed by atoms with Crippen LogP contribution < -0.4 is 0 Å². The highest BCUT2D eigenvalue weighted by molar-refractivity contribution is 5.33. The number of rotatable bonds is 2. The van der Waals surface area contributed by atoms with Gasteiger partial charge in [-0.3, -0.25) is 0 Å². The molecule has 2 heteroatoms. The average molecular weight is 99.1 g/mol. The summed E-state index contributed by atoms with van der Waals surface area (Å²) in [5, 5.41) is 0. The van der Waals surface area contributed by atoms with E-state index in [0.717, 1.165) is 6.42 Å². The molecule has 40 valence electrons. The molecule has 1 unspecified atom stereocenters. The molecule has 0 aromatic carbocycles. The summed E-state index contributed by atoms with van der Waals surface area (Å²) in [7, 11) is 0. The molecule has 0 spiro atoms. The molecule has 0 aliphatic rings. The molecule has 0 saturated carbocycles. The normalized spacial score (nSPS) is 12.3. The van der Waals surface area contributed by atoms with Gasteiger partial charge in [0.1, 0.15) is 0 Å². The number of hydrogen-bond acceptors (Lipinski definition) is 2. The number of isocyanates is 1. The third kappa shape index (κ3) is 3.20. The van der Waals surface area contributed by atoms with Crippen molar-refractivity contribution in [3.8, 4) is 0 Å². The number of aliphatic imine (C=N–C) groups is 1. The molecule has 0 aliphatic carbocycles. The summed E-state index contributed by atoms with van der Waals surface area (Å²) in [6.07, 6.45) is 2.41. The Balaban J connectivity index is 3.35. The lowest BCUT2D eigenvalue weighted by molar-refractivity contribution is 0.557. The molecule has 0 aromatic heterocycles. The van der Waals surface area contributed by atoms with Crippen molar-refractivity contribution >= 4 is 6.08 Å². The van der Waals surface area contributed by atoms with Crippen LogP contribution >= 0.6 is 0 Å². The molecule has 0 radical (unpaired) electrons. The van der Waals surface area contributed by atoms with Gasteiger partial charge in [0.05, 0.1) is 6.04 Å². The average Bonchev–Trinajstić information content (AvgIpc) is 1.68. The van der Waals surface area contributed by atoms with Crippen molar-refractivity contribution in [2.24, 2.45) is 4.99 Å². The number of nitrogens with zero attached hydrogens (tertiary/aromatic N) is 1. The lowest BCUT2D eigenvalue weighted by Crippen LogP contribution is -1.91. The van der Waals surface area contributed by atoms with Gasteiger partial charge in [0, 0.05) is 0 Å². The molecular weight excluding hydrogens is 90.1 g/mol. The van der Waals surface area contributed by atoms with E-state index in [1.54, 1.807) is 0 Å². The SMILES string of the molecule is CCC(C)N=C=O. The first-order chi connectivity index (χ1) is 3.31. The van der Waals surface area contributed by atoms with Gasteiger partial charge in [0.15, 0.2) is 0 Å². The first-order valence-corrected chi connectivity index (χ1v) is 2.38. The van der Waals surface area contributed by atoms with Crippen molar-refractivity contribution in [2.75, 3.05) is 0 Å². The van der Waals surface area contributed by atoms with E-state index in [0.29, 0.717) is 0 Å². The fourth-order valence-electron chi connectivity index (χ4n) is 0.181. The van der Waals surface area contributed by atoms with Gasteiger partial charge in [-0.2, -0.15) is 0 Å². The Morgan fingerprint density at radius 1 is 1.86 bits per heavy atom. The second-order valence-corrected chi connectivity index (χ2v) is 1.48. The van der Waals surface area contributed by atoms with Gasteiger partial charge in [0.25, 0.3) is 0 Å². The van der Waals surface area contributed by atoms with Crippen LogP contribution in [0.2, 0.25) is 0 Å². The molecule has 0 amide bonds. The van der Waals surface area contributed by atoms with Crippen molar-refractivity contribution < 1.29 is 4.79 Å². The third-order valence-corrected chi connectivity index (χ3v) is 0.864. The smallest absolute Gasteiger partial charge is 0.211 e. The molecule has 0 saturated heterocycles.